The van der Waals surface area contributed by atoms with Crippen LogP contribution in [-0.4, -0.2) is 42.5 Å². The molecule has 0 aliphatic rings. The molecule has 128 valence electrons. The minimum atomic E-state index is -1.61. The summed E-state index contributed by atoms with van der Waals surface area (Å²) in [5.41, 5.74) is -0.0818. The van der Waals surface area contributed by atoms with Gasteiger partial charge in [0.1, 0.15) is 0 Å². The Kier molecular flexibility index (Phi) is 7.02. The molecule has 5 nitrogen and oxygen atoms in total. The van der Waals surface area contributed by atoms with E-state index in [1.54, 1.807) is 14.1 Å². The number of rotatable bonds is 7. The first kappa shape index (κ1) is 19.0. The van der Waals surface area contributed by atoms with Gasteiger partial charge < -0.3 is 15.3 Å². The molecule has 0 fully saturated rings. The van der Waals surface area contributed by atoms with Crippen molar-refractivity contribution in [2.45, 2.75) is 25.3 Å². The topological polar surface area (TPSA) is 69.6 Å². The number of halogens is 3. The average molecular weight is 332 g/mol. The summed E-state index contributed by atoms with van der Waals surface area (Å²) >= 11 is 0. The second kappa shape index (κ2) is 8.52. The van der Waals surface area contributed by atoms with Crippen LogP contribution in [0.15, 0.2) is 12.1 Å². The molecular weight excluding hydrogens is 313 g/mol. The molecule has 1 aromatic rings. The number of nitrogens with one attached hydrogen (secondary N) is 1. The number of aliphatic hydroxyl groups is 1. The van der Waals surface area contributed by atoms with Gasteiger partial charge in [-0.15, -0.1) is 0 Å². The van der Waals surface area contributed by atoms with Crippen molar-refractivity contribution in [2.75, 3.05) is 20.7 Å². The van der Waals surface area contributed by atoms with Gasteiger partial charge in [0.2, 0.25) is 11.8 Å². The Balaban J connectivity index is 2.62. The Morgan fingerprint density at radius 1 is 1.17 bits per heavy atom. The lowest BCUT2D eigenvalue weighted by Crippen LogP contribution is -2.31. The van der Waals surface area contributed by atoms with E-state index in [1.165, 1.54) is 4.90 Å². The van der Waals surface area contributed by atoms with Gasteiger partial charge in [0.05, 0.1) is 12.6 Å². The highest BCUT2D eigenvalue weighted by atomic mass is 19.2. The number of carbonyl (C=O) groups excluding carboxylic acids is 2. The molecule has 0 aromatic heterocycles. The predicted octanol–water partition coefficient (Wildman–Crippen LogP) is 1.51. The summed E-state index contributed by atoms with van der Waals surface area (Å²) in [5.74, 6) is -5.02. The van der Waals surface area contributed by atoms with Gasteiger partial charge in [-0.3, -0.25) is 9.59 Å². The normalized spacial score (nSPS) is 11.9. The quantitative estimate of drug-likeness (QED) is 0.744. The summed E-state index contributed by atoms with van der Waals surface area (Å²) < 4.78 is 39.3. The highest BCUT2D eigenvalue weighted by molar-refractivity contribution is 5.79. The van der Waals surface area contributed by atoms with Crippen LogP contribution in [0.2, 0.25) is 0 Å². The van der Waals surface area contributed by atoms with E-state index < -0.39 is 36.0 Å². The van der Waals surface area contributed by atoms with E-state index in [4.69, 9.17) is 0 Å². The summed E-state index contributed by atoms with van der Waals surface area (Å²) in [6.07, 6.45) is 0.499. The number of carbonyl (C=O) groups is 2. The monoisotopic (exact) mass is 332 g/mol. The summed E-state index contributed by atoms with van der Waals surface area (Å²) in [5, 5.41) is 11.6. The van der Waals surface area contributed by atoms with E-state index in [0.717, 1.165) is 12.1 Å². The van der Waals surface area contributed by atoms with Crippen molar-refractivity contribution in [3.05, 3.63) is 35.1 Å². The molecule has 1 atom stereocenters. The van der Waals surface area contributed by atoms with Crippen LogP contribution in [0.4, 0.5) is 13.2 Å². The molecule has 0 heterocycles. The van der Waals surface area contributed by atoms with Gasteiger partial charge in [0.15, 0.2) is 17.5 Å². The van der Waals surface area contributed by atoms with Gasteiger partial charge >= 0.3 is 0 Å². The van der Waals surface area contributed by atoms with E-state index in [-0.39, 0.29) is 24.3 Å². The Bertz CT molecular complexity index is 556. The van der Waals surface area contributed by atoms with Gasteiger partial charge in [-0.25, -0.2) is 13.2 Å². The van der Waals surface area contributed by atoms with Crippen molar-refractivity contribution >= 4 is 11.8 Å². The highest BCUT2D eigenvalue weighted by Gasteiger charge is 2.19. The van der Waals surface area contributed by atoms with E-state index in [1.807, 2.05) is 0 Å². The van der Waals surface area contributed by atoms with Crippen LogP contribution in [0.5, 0.6) is 0 Å². The SMILES string of the molecule is CN(C)C(=O)CCCC(=O)NC(CO)c1cc(F)c(F)c(F)c1. The standard InChI is InChI=1S/C15H19F3N2O3/c1-20(2)14(23)5-3-4-13(22)19-12(8-21)9-6-10(16)15(18)11(17)7-9/h6-7,12,21H,3-5,8H2,1-2H3,(H,19,22). The van der Waals surface area contributed by atoms with Crippen molar-refractivity contribution in [1.82, 2.24) is 10.2 Å². The van der Waals surface area contributed by atoms with Crippen LogP contribution in [0.1, 0.15) is 30.9 Å². The molecule has 0 bridgehead atoms. The van der Waals surface area contributed by atoms with Gasteiger partial charge in [-0.1, -0.05) is 0 Å². The van der Waals surface area contributed by atoms with E-state index in [0.29, 0.717) is 6.42 Å². The molecule has 2 amide bonds. The number of amides is 2. The smallest absolute Gasteiger partial charge is 0.222 e. The number of nitrogens with zero attached hydrogens (tertiary/aromatic N) is 1. The highest BCUT2D eigenvalue weighted by Crippen LogP contribution is 2.19. The minimum Gasteiger partial charge on any atom is -0.394 e. The third kappa shape index (κ3) is 5.55. The molecule has 8 heteroatoms. The zero-order chi connectivity index (χ0) is 17.6. The molecule has 1 unspecified atom stereocenters. The molecule has 0 aliphatic heterocycles. The van der Waals surface area contributed by atoms with Crippen LogP contribution in [-0.2, 0) is 9.59 Å². The fourth-order valence-electron chi connectivity index (χ4n) is 1.90. The summed E-state index contributed by atoms with van der Waals surface area (Å²) in [6, 6.07) is 0.376. The van der Waals surface area contributed by atoms with Crippen LogP contribution in [0, 0.1) is 17.5 Å². The van der Waals surface area contributed by atoms with Gasteiger partial charge in [-0.2, -0.15) is 0 Å². The molecule has 1 rings (SSSR count). The number of benzene rings is 1. The maximum atomic E-state index is 13.2. The van der Waals surface area contributed by atoms with Crippen LogP contribution >= 0.6 is 0 Å². The molecule has 0 aliphatic carbocycles. The van der Waals surface area contributed by atoms with Gasteiger partial charge in [0.25, 0.3) is 0 Å². The van der Waals surface area contributed by atoms with Gasteiger partial charge in [-0.05, 0) is 24.1 Å². The second-order valence-electron chi connectivity index (χ2n) is 5.24. The third-order valence-corrected chi connectivity index (χ3v) is 3.22. The van der Waals surface area contributed by atoms with E-state index >= 15 is 0 Å². The molecule has 0 radical (unpaired) electrons. The Labute approximate surface area is 132 Å². The van der Waals surface area contributed by atoms with Crippen molar-refractivity contribution in [1.29, 1.82) is 0 Å². The van der Waals surface area contributed by atoms with Gasteiger partial charge in [0, 0.05) is 26.9 Å². The molecule has 0 saturated carbocycles. The molecule has 0 spiro atoms. The number of hydrogen-bond donors (Lipinski definition) is 2. The molecular formula is C15H19F3N2O3. The lowest BCUT2D eigenvalue weighted by Gasteiger charge is -2.17. The largest absolute Gasteiger partial charge is 0.394 e. The number of hydrogen-bond acceptors (Lipinski definition) is 3. The Morgan fingerprint density at radius 2 is 1.74 bits per heavy atom. The molecule has 0 saturated heterocycles. The maximum Gasteiger partial charge on any atom is 0.222 e. The first-order valence-corrected chi connectivity index (χ1v) is 7.01. The summed E-state index contributed by atoms with van der Waals surface area (Å²) in [6.45, 7) is -0.604. The van der Waals surface area contributed by atoms with Crippen molar-refractivity contribution in [2.24, 2.45) is 0 Å². The minimum absolute atomic E-state index is 0.0161. The van der Waals surface area contributed by atoms with E-state index in [9.17, 15) is 27.9 Å². The first-order valence-electron chi connectivity index (χ1n) is 7.01. The lowest BCUT2D eigenvalue weighted by atomic mass is 10.1. The zero-order valence-electron chi connectivity index (χ0n) is 12.9. The second-order valence-corrected chi connectivity index (χ2v) is 5.24. The Hall–Kier alpha value is -2.09. The predicted molar refractivity (Wildman–Crippen MR) is 76.8 cm³/mol. The third-order valence-electron chi connectivity index (χ3n) is 3.22. The molecule has 1 aromatic carbocycles. The van der Waals surface area contributed by atoms with Crippen LogP contribution < -0.4 is 5.32 Å². The Morgan fingerprint density at radius 3 is 2.22 bits per heavy atom. The fraction of sp³-hybridized carbons (Fsp3) is 0.467. The maximum absolute atomic E-state index is 13.2. The van der Waals surface area contributed by atoms with Crippen LogP contribution in [0.25, 0.3) is 0 Å². The number of aliphatic hydroxyl groups excluding tert-OH is 1. The average Bonchev–Trinajstić information content (AvgIpc) is 2.49. The van der Waals surface area contributed by atoms with Crippen molar-refractivity contribution in [3.8, 4) is 0 Å². The van der Waals surface area contributed by atoms with Crippen molar-refractivity contribution < 1.29 is 27.9 Å². The molecule has 23 heavy (non-hydrogen) atoms. The fourth-order valence-corrected chi connectivity index (χ4v) is 1.90. The van der Waals surface area contributed by atoms with Crippen molar-refractivity contribution in [3.63, 3.8) is 0 Å². The summed E-state index contributed by atoms with van der Waals surface area (Å²) in [7, 11) is 3.20. The zero-order valence-corrected chi connectivity index (χ0v) is 12.9. The van der Waals surface area contributed by atoms with E-state index in [2.05, 4.69) is 5.32 Å². The van der Waals surface area contributed by atoms with Crippen LogP contribution in [0.3, 0.4) is 0 Å². The lowest BCUT2D eigenvalue weighted by molar-refractivity contribution is -0.129. The summed E-state index contributed by atoms with van der Waals surface area (Å²) in [4.78, 5) is 24.5. The molecule has 2 N–H and O–H groups in total. The first-order chi connectivity index (χ1) is 10.8.